The predicted molar refractivity (Wildman–Crippen MR) is 133 cm³/mol. The average molecular weight is 570 g/mol. The fraction of sp³-hybridized carbons (Fsp3) is 0.375. The summed E-state index contributed by atoms with van der Waals surface area (Å²) in [5, 5.41) is 5.34. The van der Waals surface area contributed by atoms with Crippen LogP contribution in [0.4, 0.5) is 19.0 Å². The quantitative estimate of drug-likeness (QED) is 0.318. The summed E-state index contributed by atoms with van der Waals surface area (Å²) in [6.45, 7) is 2.89. The number of carbonyl (C=O) groups is 3. The molecule has 202 valence electrons. The van der Waals surface area contributed by atoms with E-state index >= 15 is 0 Å². The first-order valence-electron chi connectivity index (χ1n) is 11.5. The number of thiazole rings is 1. The molecule has 1 aliphatic rings. The Morgan fingerprint density at radius 2 is 1.95 bits per heavy atom. The minimum absolute atomic E-state index is 0.0488. The number of aryl methyl sites for hydroxylation is 1. The molecule has 0 N–H and O–H groups in total. The molecule has 3 aromatic rings. The number of hydrogen-bond donors (Lipinski definition) is 0. The number of carbonyl (C=O) groups excluding carboxylic acids is 3. The molecule has 3 heterocycles. The molecule has 0 saturated carbocycles. The molecule has 9 nitrogen and oxygen atoms in total. The van der Waals surface area contributed by atoms with Gasteiger partial charge in [-0.05, 0) is 38.0 Å². The molecule has 0 spiro atoms. The fourth-order valence-electron chi connectivity index (χ4n) is 4.25. The topological polar surface area (TPSA) is 97.6 Å². The highest BCUT2D eigenvalue weighted by Crippen LogP contribution is 2.33. The zero-order chi connectivity index (χ0) is 27.6. The SMILES string of the molecule is CC(=O)Oc1c(Cl)cccc1C(=O)N(c1cscn1)C1CCN(C(=O)Cn2nc(C(F)(F)F)cc2C)CC1. The summed E-state index contributed by atoms with van der Waals surface area (Å²) >= 11 is 7.52. The highest BCUT2D eigenvalue weighted by Gasteiger charge is 2.36. The Kier molecular flexibility index (Phi) is 8.07. The van der Waals surface area contributed by atoms with Crippen LogP contribution in [0.2, 0.25) is 5.02 Å². The molecular weight excluding hydrogens is 547 g/mol. The lowest BCUT2D eigenvalue weighted by Crippen LogP contribution is -2.50. The van der Waals surface area contributed by atoms with E-state index < -0.39 is 23.7 Å². The van der Waals surface area contributed by atoms with Crippen molar-refractivity contribution in [3.8, 4) is 5.75 Å². The number of likely N-dealkylation sites (tertiary alicyclic amines) is 1. The second-order valence-corrected chi connectivity index (χ2v) is 9.80. The number of halogens is 4. The number of ether oxygens (including phenoxy) is 1. The number of para-hydroxylation sites is 1. The monoisotopic (exact) mass is 569 g/mol. The molecule has 1 aromatic carbocycles. The third-order valence-corrected chi connectivity index (χ3v) is 6.94. The highest BCUT2D eigenvalue weighted by molar-refractivity contribution is 7.07. The maximum Gasteiger partial charge on any atom is 0.435 e. The van der Waals surface area contributed by atoms with Gasteiger partial charge in [-0.25, -0.2) is 4.98 Å². The smallest absolute Gasteiger partial charge is 0.424 e. The van der Waals surface area contributed by atoms with Crippen molar-refractivity contribution in [2.75, 3.05) is 18.0 Å². The number of anilines is 1. The maximum atomic E-state index is 13.7. The van der Waals surface area contributed by atoms with E-state index in [1.54, 1.807) is 17.0 Å². The maximum absolute atomic E-state index is 13.7. The lowest BCUT2D eigenvalue weighted by atomic mass is 10.0. The zero-order valence-corrected chi connectivity index (χ0v) is 21.9. The van der Waals surface area contributed by atoms with E-state index in [0.29, 0.717) is 18.7 Å². The number of esters is 1. The van der Waals surface area contributed by atoms with Gasteiger partial charge in [0.15, 0.2) is 11.4 Å². The van der Waals surface area contributed by atoms with E-state index in [1.807, 2.05) is 0 Å². The van der Waals surface area contributed by atoms with Gasteiger partial charge in [0.1, 0.15) is 12.4 Å². The van der Waals surface area contributed by atoms with Crippen LogP contribution in [0.25, 0.3) is 0 Å². The molecule has 38 heavy (non-hydrogen) atoms. The number of nitrogens with zero attached hydrogens (tertiary/aromatic N) is 5. The van der Waals surface area contributed by atoms with Gasteiger partial charge in [-0.3, -0.25) is 24.0 Å². The van der Waals surface area contributed by atoms with Gasteiger partial charge in [0.25, 0.3) is 5.91 Å². The van der Waals surface area contributed by atoms with E-state index in [4.69, 9.17) is 16.3 Å². The molecule has 1 saturated heterocycles. The van der Waals surface area contributed by atoms with E-state index in [1.165, 1.54) is 47.1 Å². The molecule has 0 atom stereocenters. The Morgan fingerprint density at radius 3 is 2.53 bits per heavy atom. The van der Waals surface area contributed by atoms with Crippen LogP contribution >= 0.6 is 22.9 Å². The van der Waals surface area contributed by atoms with Crippen LogP contribution < -0.4 is 9.64 Å². The van der Waals surface area contributed by atoms with Gasteiger partial charge in [-0.1, -0.05) is 17.7 Å². The fourth-order valence-corrected chi connectivity index (χ4v) is 4.99. The molecule has 1 aliphatic heterocycles. The van der Waals surface area contributed by atoms with Crippen molar-refractivity contribution >= 4 is 46.5 Å². The highest BCUT2D eigenvalue weighted by atomic mass is 35.5. The van der Waals surface area contributed by atoms with Crippen molar-refractivity contribution in [1.29, 1.82) is 0 Å². The predicted octanol–water partition coefficient (Wildman–Crippen LogP) is 4.58. The molecule has 1 fully saturated rings. The molecule has 2 amide bonds. The number of rotatable bonds is 6. The van der Waals surface area contributed by atoms with Crippen LogP contribution in [0, 0.1) is 6.92 Å². The van der Waals surface area contributed by atoms with Crippen molar-refractivity contribution < 1.29 is 32.3 Å². The van der Waals surface area contributed by atoms with Crippen LogP contribution in [-0.4, -0.2) is 56.6 Å². The van der Waals surface area contributed by atoms with Crippen LogP contribution in [0.15, 0.2) is 35.2 Å². The molecule has 2 aromatic heterocycles. The summed E-state index contributed by atoms with van der Waals surface area (Å²) in [7, 11) is 0. The van der Waals surface area contributed by atoms with Gasteiger partial charge >= 0.3 is 12.1 Å². The van der Waals surface area contributed by atoms with Crippen molar-refractivity contribution in [3.05, 3.63) is 57.1 Å². The standard InChI is InChI=1S/C24H23ClF3N5O4S/c1-14-10-19(24(26,27)28)30-32(14)11-21(35)31-8-6-16(7-9-31)33(20-12-38-13-29-20)23(36)17-4-3-5-18(25)22(17)37-15(2)34/h3-5,10,12-13,16H,6-9,11H2,1-2H3. The lowest BCUT2D eigenvalue weighted by Gasteiger charge is -2.37. The Labute approximate surface area is 224 Å². The number of piperidine rings is 1. The third-order valence-electron chi connectivity index (χ3n) is 6.07. The molecule has 0 unspecified atom stereocenters. The van der Waals surface area contributed by atoms with Crippen LogP contribution in [-0.2, 0) is 22.3 Å². The first-order valence-corrected chi connectivity index (χ1v) is 12.9. The normalized spacial score (nSPS) is 14.4. The minimum atomic E-state index is -4.60. The summed E-state index contributed by atoms with van der Waals surface area (Å²) in [5.74, 6) is -1.11. The number of hydrogen-bond acceptors (Lipinski definition) is 7. The number of alkyl halides is 3. The van der Waals surface area contributed by atoms with Gasteiger partial charge in [0.05, 0.1) is 16.1 Å². The van der Waals surface area contributed by atoms with Crippen LogP contribution in [0.3, 0.4) is 0 Å². The number of aromatic nitrogens is 3. The van der Waals surface area contributed by atoms with E-state index in [0.717, 1.165) is 10.7 Å². The lowest BCUT2D eigenvalue weighted by molar-refractivity contribution is -0.142. The summed E-state index contributed by atoms with van der Waals surface area (Å²) in [5.41, 5.74) is 0.855. The second-order valence-electron chi connectivity index (χ2n) is 8.67. The van der Waals surface area contributed by atoms with Crippen LogP contribution in [0.5, 0.6) is 5.75 Å². The molecule has 4 rings (SSSR count). The number of benzene rings is 1. The third kappa shape index (κ3) is 5.99. The minimum Gasteiger partial charge on any atom is -0.424 e. The Morgan fingerprint density at radius 1 is 1.24 bits per heavy atom. The van der Waals surface area contributed by atoms with Gasteiger partial charge in [0.2, 0.25) is 5.91 Å². The first-order chi connectivity index (χ1) is 18.0. The molecule has 0 radical (unpaired) electrons. The summed E-state index contributed by atoms with van der Waals surface area (Å²) < 4.78 is 45.2. The molecular formula is C24H23ClF3N5O4S. The average Bonchev–Trinajstić information content (AvgIpc) is 3.51. The van der Waals surface area contributed by atoms with Gasteiger partial charge < -0.3 is 9.64 Å². The van der Waals surface area contributed by atoms with Crippen molar-refractivity contribution in [2.45, 2.75) is 45.5 Å². The first kappa shape index (κ1) is 27.6. The summed E-state index contributed by atoms with van der Waals surface area (Å²) in [6, 6.07) is 5.14. The van der Waals surface area contributed by atoms with E-state index in [-0.39, 0.29) is 53.6 Å². The van der Waals surface area contributed by atoms with Crippen molar-refractivity contribution in [1.82, 2.24) is 19.7 Å². The number of amides is 2. The van der Waals surface area contributed by atoms with Crippen LogP contribution in [0.1, 0.15) is 41.5 Å². The van der Waals surface area contributed by atoms with Gasteiger partial charge in [0, 0.05) is 37.1 Å². The summed E-state index contributed by atoms with van der Waals surface area (Å²) in [4.78, 5) is 45.5. The van der Waals surface area contributed by atoms with Crippen molar-refractivity contribution in [3.63, 3.8) is 0 Å². The zero-order valence-electron chi connectivity index (χ0n) is 20.4. The van der Waals surface area contributed by atoms with Crippen molar-refractivity contribution in [2.24, 2.45) is 0 Å². The Bertz CT molecular complexity index is 1340. The second kappa shape index (κ2) is 11.1. The van der Waals surface area contributed by atoms with Gasteiger partial charge in [-0.2, -0.15) is 18.3 Å². The summed E-state index contributed by atoms with van der Waals surface area (Å²) in [6.07, 6.45) is -3.81. The Hall–Kier alpha value is -3.45. The Balaban J connectivity index is 1.50. The molecule has 14 heteroatoms. The van der Waals surface area contributed by atoms with Gasteiger partial charge in [-0.15, -0.1) is 11.3 Å². The van der Waals surface area contributed by atoms with E-state index in [9.17, 15) is 27.6 Å². The largest absolute Gasteiger partial charge is 0.435 e. The molecule has 0 aliphatic carbocycles. The molecule has 0 bridgehead atoms. The van der Waals surface area contributed by atoms with E-state index in [2.05, 4.69) is 10.1 Å².